The lowest BCUT2D eigenvalue weighted by Crippen LogP contribution is -2.13. The summed E-state index contributed by atoms with van der Waals surface area (Å²) in [5.74, 6) is 0.424. The van der Waals surface area contributed by atoms with Gasteiger partial charge in [0.25, 0.3) is 5.91 Å². The molecule has 0 saturated carbocycles. The Morgan fingerprint density at radius 2 is 1.91 bits per heavy atom. The van der Waals surface area contributed by atoms with Crippen LogP contribution in [-0.2, 0) is 4.79 Å². The highest BCUT2D eigenvalue weighted by molar-refractivity contribution is 8.01. The van der Waals surface area contributed by atoms with Crippen LogP contribution in [-0.4, -0.2) is 34.4 Å². The minimum Gasteiger partial charge on any atom is -0.494 e. The molecule has 0 saturated heterocycles. The first-order valence-electron chi connectivity index (χ1n) is 10.0. The predicted octanol–water partition coefficient (Wildman–Crippen LogP) is 5.66. The van der Waals surface area contributed by atoms with E-state index >= 15 is 0 Å². The Labute approximate surface area is 199 Å². The van der Waals surface area contributed by atoms with Gasteiger partial charge in [0.05, 0.1) is 12.4 Å². The van der Waals surface area contributed by atoms with E-state index in [1.54, 1.807) is 36.4 Å². The minimum absolute atomic E-state index is 0.160. The summed E-state index contributed by atoms with van der Waals surface area (Å²) in [6.07, 6.45) is 2.05. The number of aryl methyl sites for hydroxylation is 1. The number of rotatable bonds is 10. The molecule has 0 radical (unpaired) electrons. The number of ether oxygens (including phenoxy) is 1. The van der Waals surface area contributed by atoms with Crippen LogP contribution in [0.4, 0.5) is 10.8 Å². The van der Waals surface area contributed by atoms with Crippen LogP contribution in [0.25, 0.3) is 0 Å². The lowest BCUT2D eigenvalue weighted by atomic mass is 10.2. The summed E-state index contributed by atoms with van der Waals surface area (Å²) in [5, 5.41) is 14.5. The standard InChI is InChI=1S/C22H23ClN4O3S2/c1-3-4-11-30-17-9-6-15(7-10-17)20(29)25-21-26-27-22(32-21)31-13-19(28)24-16-8-5-14(2)18(23)12-16/h5-10,12H,3-4,11,13H2,1-2H3,(H,24,28)(H,25,26,29). The van der Waals surface area contributed by atoms with Gasteiger partial charge in [-0.25, -0.2) is 0 Å². The number of nitrogens with one attached hydrogen (secondary N) is 2. The first-order valence-corrected chi connectivity index (χ1v) is 12.2. The zero-order valence-corrected chi connectivity index (χ0v) is 20.1. The summed E-state index contributed by atoms with van der Waals surface area (Å²) >= 11 is 8.53. The van der Waals surface area contributed by atoms with E-state index in [1.165, 1.54) is 23.1 Å². The number of halogens is 1. The Kier molecular flexibility index (Phi) is 8.90. The Hall–Kier alpha value is -2.62. The third-order valence-electron chi connectivity index (χ3n) is 4.29. The molecule has 3 rings (SSSR count). The van der Waals surface area contributed by atoms with Crippen molar-refractivity contribution in [2.45, 2.75) is 31.0 Å². The number of hydrogen-bond donors (Lipinski definition) is 2. The molecule has 2 N–H and O–H groups in total. The smallest absolute Gasteiger partial charge is 0.257 e. The largest absolute Gasteiger partial charge is 0.494 e. The van der Waals surface area contributed by atoms with Gasteiger partial charge in [0.2, 0.25) is 11.0 Å². The first-order chi connectivity index (χ1) is 15.4. The monoisotopic (exact) mass is 490 g/mol. The molecule has 1 aromatic heterocycles. The molecule has 0 unspecified atom stereocenters. The summed E-state index contributed by atoms with van der Waals surface area (Å²) in [4.78, 5) is 24.6. The van der Waals surface area contributed by atoms with Gasteiger partial charge in [-0.2, -0.15) is 0 Å². The van der Waals surface area contributed by atoms with Gasteiger partial charge in [0, 0.05) is 16.3 Å². The van der Waals surface area contributed by atoms with Crippen molar-refractivity contribution in [3.63, 3.8) is 0 Å². The molecule has 32 heavy (non-hydrogen) atoms. The van der Waals surface area contributed by atoms with Crippen molar-refractivity contribution in [3.8, 4) is 5.75 Å². The molecule has 0 aliphatic heterocycles. The highest BCUT2D eigenvalue weighted by Gasteiger charge is 2.12. The van der Waals surface area contributed by atoms with Crippen LogP contribution in [0.15, 0.2) is 46.8 Å². The maximum absolute atomic E-state index is 12.4. The molecule has 2 amide bonds. The summed E-state index contributed by atoms with van der Waals surface area (Å²) in [5.41, 5.74) is 2.07. The number of carbonyl (C=O) groups excluding carboxylic acids is 2. The van der Waals surface area contributed by atoms with Crippen LogP contribution < -0.4 is 15.4 Å². The fourth-order valence-electron chi connectivity index (χ4n) is 2.52. The number of amides is 2. The topological polar surface area (TPSA) is 93.2 Å². The van der Waals surface area contributed by atoms with Gasteiger partial charge in [0.15, 0.2) is 4.34 Å². The van der Waals surface area contributed by atoms with Gasteiger partial charge < -0.3 is 10.1 Å². The van der Waals surface area contributed by atoms with Crippen LogP contribution >= 0.6 is 34.7 Å². The van der Waals surface area contributed by atoms with Crippen LogP contribution in [0, 0.1) is 6.92 Å². The number of anilines is 2. The molecule has 1 heterocycles. The molecular formula is C22H23ClN4O3S2. The maximum Gasteiger partial charge on any atom is 0.257 e. The summed E-state index contributed by atoms with van der Waals surface area (Å²) in [7, 11) is 0. The van der Waals surface area contributed by atoms with Crippen molar-refractivity contribution >= 4 is 57.3 Å². The van der Waals surface area contributed by atoms with Crippen molar-refractivity contribution in [2.75, 3.05) is 23.0 Å². The second-order valence-electron chi connectivity index (χ2n) is 6.85. The van der Waals surface area contributed by atoms with Crippen LogP contribution in [0.1, 0.15) is 35.7 Å². The average Bonchev–Trinajstić information content (AvgIpc) is 3.23. The number of thioether (sulfide) groups is 1. The third kappa shape index (κ3) is 7.22. The molecule has 2 aromatic carbocycles. The second-order valence-corrected chi connectivity index (χ2v) is 9.46. The number of aromatic nitrogens is 2. The maximum atomic E-state index is 12.4. The number of unbranched alkanes of at least 4 members (excludes halogenated alkanes) is 1. The summed E-state index contributed by atoms with van der Waals surface area (Å²) in [6, 6.07) is 12.3. The molecule has 0 aliphatic rings. The number of benzene rings is 2. The minimum atomic E-state index is -0.285. The van der Waals surface area contributed by atoms with Crippen LogP contribution in [0.5, 0.6) is 5.75 Å². The second kappa shape index (κ2) is 11.8. The van der Waals surface area contributed by atoms with Crippen molar-refractivity contribution in [2.24, 2.45) is 0 Å². The van der Waals surface area contributed by atoms with E-state index in [4.69, 9.17) is 16.3 Å². The fraction of sp³-hybridized carbons (Fsp3) is 0.273. The van der Waals surface area contributed by atoms with E-state index in [1.807, 2.05) is 13.0 Å². The number of hydrogen-bond acceptors (Lipinski definition) is 7. The molecule has 7 nitrogen and oxygen atoms in total. The Morgan fingerprint density at radius 3 is 2.62 bits per heavy atom. The van der Waals surface area contributed by atoms with Crippen LogP contribution in [0.3, 0.4) is 0 Å². The quantitative estimate of drug-likeness (QED) is 0.216. The molecule has 0 bridgehead atoms. The van der Waals surface area contributed by atoms with Gasteiger partial charge >= 0.3 is 0 Å². The van der Waals surface area contributed by atoms with Crippen LogP contribution in [0.2, 0.25) is 5.02 Å². The predicted molar refractivity (Wildman–Crippen MR) is 130 cm³/mol. The summed E-state index contributed by atoms with van der Waals surface area (Å²) < 4.78 is 6.18. The molecule has 168 valence electrons. The van der Waals surface area contributed by atoms with Gasteiger partial charge in [-0.05, 0) is 55.3 Å². The van der Waals surface area contributed by atoms with Crippen molar-refractivity contribution in [3.05, 3.63) is 58.6 Å². The first kappa shape index (κ1) is 24.0. The zero-order valence-electron chi connectivity index (χ0n) is 17.7. The SMILES string of the molecule is CCCCOc1ccc(C(=O)Nc2nnc(SCC(=O)Nc3ccc(C)c(Cl)c3)s2)cc1. The van der Waals surface area contributed by atoms with Gasteiger partial charge in [-0.3, -0.25) is 14.9 Å². The average molecular weight is 491 g/mol. The van der Waals surface area contributed by atoms with E-state index in [2.05, 4.69) is 27.8 Å². The summed E-state index contributed by atoms with van der Waals surface area (Å²) in [6.45, 7) is 4.66. The lowest BCUT2D eigenvalue weighted by Gasteiger charge is -2.06. The van der Waals surface area contributed by atoms with E-state index in [0.717, 1.165) is 24.2 Å². The van der Waals surface area contributed by atoms with Gasteiger partial charge in [0.1, 0.15) is 5.75 Å². The van der Waals surface area contributed by atoms with E-state index in [0.29, 0.717) is 32.4 Å². The normalized spacial score (nSPS) is 10.6. The third-order valence-corrected chi connectivity index (χ3v) is 6.67. The molecule has 3 aromatic rings. The zero-order chi connectivity index (χ0) is 22.9. The number of carbonyl (C=O) groups is 2. The molecule has 10 heteroatoms. The highest BCUT2D eigenvalue weighted by Crippen LogP contribution is 2.26. The molecular weight excluding hydrogens is 468 g/mol. The Morgan fingerprint density at radius 1 is 1.12 bits per heavy atom. The number of nitrogens with zero attached hydrogens (tertiary/aromatic N) is 2. The van der Waals surface area contributed by atoms with Crippen molar-refractivity contribution in [1.82, 2.24) is 10.2 Å². The molecule has 0 spiro atoms. The lowest BCUT2D eigenvalue weighted by molar-refractivity contribution is -0.113. The molecule has 0 fully saturated rings. The highest BCUT2D eigenvalue weighted by atomic mass is 35.5. The molecule has 0 aliphatic carbocycles. The fourth-order valence-corrected chi connectivity index (χ4v) is 4.25. The van der Waals surface area contributed by atoms with Gasteiger partial charge in [-0.1, -0.05) is 54.1 Å². The Balaban J connectivity index is 1.47. The van der Waals surface area contributed by atoms with E-state index in [-0.39, 0.29) is 17.6 Å². The Bertz CT molecular complexity index is 1070. The van der Waals surface area contributed by atoms with E-state index in [9.17, 15) is 9.59 Å². The van der Waals surface area contributed by atoms with Crippen molar-refractivity contribution < 1.29 is 14.3 Å². The van der Waals surface area contributed by atoms with Crippen molar-refractivity contribution in [1.29, 1.82) is 0 Å². The van der Waals surface area contributed by atoms with E-state index < -0.39 is 0 Å². The molecule has 0 atom stereocenters. The van der Waals surface area contributed by atoms with Gasteiger partial charge in [-0.15, -0.1) is 10.2 Å².